The van der Waals surface area contributed by atoms with Crippen LogP contribution in [0.15, 0.2) is 54.6 Å². The lowest BCUT2D eigenvalue weighted by atomic mass is 10.1. The Morgan fingerprint density at radius 3 is 2.71 bits per heavy atom. The predicted octanol–water partition coefficient (Wildman–Crippen LogP) is 4.40. The average Bonchev–Trinajstić information content (AvgIpc) is 3.22. The Hall–Kier alpha value is -4.07. The number of methoxy groups -OCH3 is 1. The Kier molecular flexibility index (Phi) is 4.66. The number of fused-ring (bicyclic) bond motifs is 2. The maximum atomic E-state index is 13.2. The fourth-order valence-electron chi connectivity index (χ4n) is 3.44. The number of ether oxygens (including phenoxy) is 3. The molecule has 0 fully saturated rings. The number of benzene rings is 3. The quantitative estimate of drug-likeness (QED) is 0.512. The smallest absolute Gasteiger partial charge is 0.255 e. The summed E-state index contributed by atoms with van der Waals surface area (Å²) < 4.78 is 29.7. The third-order valence-electron chi connectivity index (χ3n) is 4.95. The molecular weight excluding hydrogens is 401 g/mol. The van der Waals surface area contributed by atoms with Gasteiger partial charge in [-0.25, -0.2) is 9.37 Å². The molecule has 0 radical (unpaired) electrons. The van der Waals surface area contributed by atoms with Crippen LogP contribution >= 0.6 is 0 Å². The zero-order valence-corrected chi connectivity index (χ0v) is 16.6. The minimum absolute atomic E-state index is 0.305. The fraction of sp³-hybridized carbons (Fsp3) is 0.130. The number of nitrogens with zero attached hydrogens (tertiary/aromatic N) is 1. The number of hydrogen-bond acceptors (Lipinski definition) is 5. The molecule has 0 saturated heterocycles. The molecule has 7 nitrogen and oxygen atoms in total. The average molecular weight is 419 g/mol. The fourth-order valence-corrected chi connectivity index (χ4v) is 3.44. The van der Waals surface area contributed by atoms with Crippen LogP contribution in [-0.4, -0.2) is 36.2 Å². The number of aromatic nitrogens is 2. The molecule has 2 heterocycles. The van der Waals surface area contributed by atoms with E-state index in [2.05, 4.69) is 15.3 Å². The van der Waals surface area contributed by atoms with Crippen LogP contribution in [0.5, 0.6) is 17.2 Å². The largest absolute Gasteiger partial charge is 0.493 e. The van der Waals surface area contributed by atoms with E-state index in [1.54, 1.807) is 42.5 Å². The van der Waals surface area contributed by atoms with Crippen molar-refractivity contribution in [3.63, 3.8) is 0 Å². The monoisotopic (exact) mass is 419 g/mol. The molecule has 8 heteroatoms. The maximum Gasteiger partial charge on any atom is 0.255 e. The van der Waals surface area contributed by atoms with Crippen molar-refractivity contribution in [1.82, 2.24) is 9.97 Å². The summed E-state index contributed by atoms with van der Waals surface area (Å²) in [7, 11) is 1.51. The Balaban J connectivity index is 1.41. The lowest BCUT2D eigenvalue weighted by molar-refractivity contribution is 0.102. The molecule has 31 heavy (non-hydrogen) atoms. The summed E-state index contributed by atoms with van der Waals surface area (Å²) in [6.45, 7) is 0.840. The molecule has 156 valence electrons. The molecule has 1 aliphatic heterocycles. The number of aromatic amines is 1. The standard InChI is InChI=1S/C23H18FN3O4/c1-29-19-10-14(11-20-21(19)31-9-8-30-20)23(28)25-16-6-7-17-18(12-16)27-22(26-17)13-2-4-15(24)5-3-13/h2-7,10-12H,8-9H2,1H3,(H,25,28)(H,26,27). The maximum absolute atomic E-state index is 13.2. The summed E-state index contributed by atoms with van der Waals surface area (Å²) in [5, 5.41) is 2.88. The molecule has 1 aliphatic rings. The van der Waals surface area contributed by atoms with E-state index < -0.39 is 0 Å². The van der Waals surface area contributed by atoms with Crippen molar-refractivity contribution in [2.75, 3.05) is 25.6 Å². The van der Waals surface area contributed by atoms with Gasteiger partial charge in [0.05, 0.1) is 18.1 Å². The minimum Gasteiger partial charge on any atom is -0.493 e. The number of rotatable bonds is 4. The first-order chi connectivity index (χ1) is 15.1. The molecule has 0 spiro atoms. The van der Waals surface area contributed by atoms with Crippen LogP contribution in [0.2, 0.25) is 0 Å². The van der Waals surface area contributed by atoms with Crippen molar-refractivity contribution in [3.8, 4) is 28.6 Å². The zero-order valence-electron chi connectivity index (χ0n) is 16.6. The van der Waals surface area contributed by atoms with E-state index in [1.807, 2.05) is 0 Å². The van der Waals surface area contributed by atoms with Crippen molar-refractivity contribution < 1.29 is 23.4 Å². The molecule has 5 rings (SSSR count). The number of H-pyrrole nitrogens is 1. The van der Waals surface area contributed by atoms with Crippen LogP contribution in [0, 0.1) is 5.82 Å². The van der Waals surface area contributed by atoms with Crippen LogP contribution < -0.4 is 19.5 Å². The van der Waals surface area contributed by atoms with Gasteiger partial charge in [-0.3, -0.25) is 4.79 Å². The second-order valence-electron chi connectivity index (χ2n) is 6.98. The summed E-state index contributed by atoms with van der Waals surface area (Å²) in [6.07, 6.45) is 0. The second kappa shape index (κ2) is 7.64. The Morgan fingerprint density at radius 2 is 1.90 bits per heavy atom. The van der Waals surface area contributed by atoms with E-state index in [0.717, 1.165) is 16.6 Å². The van der Waals surface area contributed by atoms with Gasteiger partial charge in [0.1, 0.15) is 24.9 Å². The number of amides is 1. The van der Waals surface area contributed by atoms with Gasteiger partial charge in [-0.1, -0.05) is 0 Å². The molecule has 0 aliphatic carbocycles. The van der Waals surface area contributed by atoms with Gasteiger partial charge in [0.25, 0.3) is 5.91 Å². The Labute approximate surface area is 176 Å². The normalized spacial score (nSPS) is 12.6. The molecule has 4 aromatic rings. The van der Waals surface area contributed by atoms with Crippen molar-refractivity contribution in [2.45, 2.75) is 0 Å². The number of anilines is 1. The number of carbonyl (C=O) groups is 1. The van der Waals surface area contributed by atoms with Crippen molar-refractivity contribution in [3.05, 3.63) is 66.0 Å². The highest BCUT2D eigenvalue weighted by molar-refractivity contribution is 6.05. The van der Waals surface area contributed by atoms with Gasteiger partial charge in [-0.15, -0.1) is 0 Å². The van der Waals surface area contributed by atoms with E-state index in [9.17, 15) is 9.18 Å². The molecule has 0 unspecified atom stereocenters. The summed E-state index contributed by atoms with van der Waals surface area (Å²) in [5.41, 5.74) is 3.24. The van der Waals surface area contributed by atoms with Crippen LogP contribution in [0.25, 0.3) is 22.4 Å². The van der Waals surface area contributed by atoms with Crippen LogP contribution in [0.4, 0.5) is 10.1 Å². The number of nitrogens with one attached hydrogen (secondary N) is 2. The van der Waals surface area contributed by atoms with Gasteiger partial charge in [0.15, 0.2) is 11.5 Å². The zero-order chi connectivity index (χ0) is 21.4. The van der Waals surface area contributed by atoms with E-state index in [0.29, 0.717) is 47.5 Å². The van der Waals surface area contributed by atoms with Crippen molar-refractivity contribution >= 4 is 22.6 Å². The van der Waals surface area contributed by atoms with E-state index in [1.165, 1.54) is 19.2 Å². The minimum atomic E-state index is -0.312. The summed E-state index contributed by atoms with van der Waals surface area (Å²) in [4.78, 5) is 20.6. The SMILES string of the molecule is COc1cc(C(=O)Nc2ccc3nc(-c4ccc(F)cc4)[nH]c3c2)cc2c1OCCO2. The van der Waals surface area contributed by atoms with Crippen molar-refractivity contribution in [1.29, 1.82) is 0 Å². The molecule has 0 saturated carbocycles. The first-order valence-corrected chi connectivity index (χ1v) is 9.65. The van der Waals surface area contributed by atoms with Gasteiger partial charge in [0.2, 0.25) is 5.75 Å². The Bertz CT molecular complexity index is 1270. The molecule has 3 aromatic carbocycles. The lowest BCUT2D eigenvalue weighted by Crippen LogP contribution is -2.18. The summed E-state index contributed by atoms with van der Waals surface area (Å²) >= 11 is 0. The van der Waals surface area contributed by atoms with Gasteiger partial charge >= 0.3 is 0 Å². The highest BCUT2D eigenvalue weighted by atomic mass is 19.1. The van der Waals surface area contributed by atoms with Crippen LogP contribution in [0.1, 0.15) is 10.4 Å². The lowest BCUT2D eigenvalue weighted by Gasteiger charge is -2.21. The molecule has 2 N–H and O–H groups in total. The number of carbonyl (C=O) groups excluding carboxylic acids is 1. The second-order valence-corrected chi connectivity index (χ2v) is 6.98. The number of halogens is 1. The van der Waals surface area contributed by atoms with Crippen LogP contribution in [-0.2, 0) is 0 Å². The molecule has 0 atom stereocenters. The van der Waals surface area contributed by atoms with Crippen molar-refractivity contribution in [2.24, 2.45) is 0 Å². The summed E-state index contributed by atoms with van der Waals surface area (Å²) in [5.74, 6) is 1.42. The van der Waals surface area contributed by atoms with Gasteiger partial charge in [-0.2, -0.15) is 0 Å². The number of imidazole rings is 1. The highest BCUT2D eigenvalue weighted by Crippen LogP contribution is 2.40. The van der Waals surface area contributed by atoms with E-state index in [4.69, 9.17) is 14.2 Å². The highest BCUT2D eigenvalue weighted by Gasteiger charge is 2.21. The first-order valence-electron chi connectivity index (χ1n) is 9.65. The Morgan fingerprint density at radius 1 is 1.10 bits per heavy atom. The van der Waals surface area contributed by atoms with Crippen LogP contribution in [0.3, 0.4) is 0 Å². The first kappa shape index (κ1) is 18.9. The molecule has 0 bridgehead atoms. The topological polar surface area (TPSA) is 85.5 Å². The predicted molar refractivity (Wildman–Crippen MR) is 113 cm³/mol. The van der Waals surface area contributed by atoms with E-state index >= 15 is 0 Å². The van der Waals surface area contributed by atoms with Gasteiger partial charge in [0, 0.05) is 16.8 Å². The summed E-state index contributed by atoms with van der Waals surface area (Å²) in [6, 6.07) is 14.7. The molecular formula is C23H18FN3O4. The molecule has 1 amide bonds. The van der Waals surface area contributed by atoms with Gasteiger partial charge in [-0.05, 0) is 54.6 Å². The van der Waals surface area contributed by atoms with E-state index in [-0.39, 0.29) is 11.7 Å². The third kappa shape index (κ3) is 3.63. The number of hydrogen-bond donors (Lipinski definition) is 2. The van der Waals surface area contributed by atoms with Gasteiger partial charge < -0.3 is 24.5 Å². The third-order valence-corrected chi connectivity index (χ3v) is 4.95. The molecule has 1 aromatic heterocycles.